The second-order valence-electron chi connectivity index (χ2n) is 6.43. The van der Waals surface area contributed by atoms with Crippen LogP contribution >= 0.6 is 11.8 Å². The number of aromatic nitrogens is 1. The molecule has 0 aliphatic carbocycles. The maximum absolute atomic E-state index is 3.48. The Morgan fingerprint density at radius 3 is 2.19 bits per heavy atom. The van der Waals surface area contributed by atoms with Crippen LogP contribution in [0.5, 0.6) is 0 Å². The number of benzene rings is 3. The molecule has 4 aromatic rings. The van der Waals surface area contributed by atoms with Crippen LogP contribution in [0.15, 0.2) is 66.7 Å². The fraction of sp³-hybridized carbons (Fsp3) is 0.136. The largest absolute Gasteiger partial charge is 2.00 e. The Bertz CT molecular complexity index is 983. The van der Waals surface area contributed by atoms with Gasteiger partial charge in [0.1, 0.15) is 0 Å². The molecule has 131 valence electrons. The number of para-hydroxylation sites is 2. The molecule has 0 N–H and O–H groups in total. The Hall–Kier alpha value is -1.50. The van der Waals surface area contributed by atoms with Gasteiger partial charge in [-0.2, -0.15) is 35.4 Å². The van der Waals surface area contributed by atoms with Gasteiger partial charge in [0.25, 0.3) is 0 Å². The topological polar surface area (TPSA) is 4.93 Å². The summed E-state index contributed by atoms with van der Waals surface area (Å²) >= 11 is 2.06. The van der Waals surface area contributed by atoms with Crippen LogP contribution in [0.1, 0.15) is 0 Å². The summed E-state index contributed by atoms with van der Waals surface area (Å²) in [6, 6.07) is 27.5. The van der Waals surface area contributed by atoms with Crippen LogP contribution in [0.4, 0.5) is 0 Å². The monoisotopic (exact) mass is 444 g/mol. The van der Waals surface area contributed by atoms with Gasteiger partial charge in [-0.1, -0.05) is 48.4 Å². The first-order chi connectivity index (χ1) is 11.9. The van der Waals surface area contributed by atoms with Crippen LogP contribution in [0.3, 0.4) is 0 Å². The first-order valence-electron chi connectivity index (χ1n) is 8.50. The molecular formula is C22H20BNRhS. The van der Waals surface area contributed by atoms with Gasteiger partial charge in [-0.15, -0.1) is 6.07 Å². The van der Waals surface area contributed by atoms with Gasteiger partial charge in [-0.25, -0.2) is 0 Å². The van der Waals surface area contributed by atoms with Gasteiger partial charge >= 0.3 is 19.5 Å². The molecule has 1 nitrogen and oxygen atoms in total. The molecule has 0 unspecified atom stereocenters. The molecule has 0 saturated carbocycles. The van der Waals surface area contributed by atoms with Gasteiger partial charge in [0.15, 0.2) is 6.71 Å². The summed E-state index contributed by atoms with van der Waals surface area (Å²) in [5.41, 5.74) is 6.39. The van der Waals surface area contributed by atoms with Crippen molar-refractivity contribution in [3.05, 3.63) is 80.2 Å². The van der Waals surface area contributed by atoms with Gasteiger partial charge in [-0.05, 0) is 23.5 Å². The third-order valence-corrected chi connectivity index (χ3v) is 6.18. The second kappa shape index (κ2) is 8.03. The molecule has 1 aliphatic rings. The number of nitrogens with zero attached hydrogens (tertiary/aromatic N) is 1. The summed E-state index contributed by atoms with van der Waals surface area (Å²) in [6.07, 6.45) is 1.28. The van der Waals surface area contributed by atoms with Crippen LogP contribution in [-0.4, -0.2) is 22.7 Å². The van der Waals surface area contributed by atoms with Crippen molar-refractivity contribution in [1.29, 1.82) is 0 Å². The maximum atomic E-state index is 3.48. The van der Waals surface area contributed by atoms with Crippen molar-refractivity contribution >= 4 is 45.7 Å². The van der Waals surface area contributed by atoms with Gasteiger partial charge < -0.3 is 12.0 Å². The maximum Gasteiger partial charge on any atom is 2.00 e. The fourth-order valence-electron chi connectivity index (χ4n) is 3.83. The summed E-state index contributed by atoms with van der Waals surface area (Å²) in [5.74, 6) is 1.28. The van der Waals surface area contributed by atoms with E-state index in [2.05, 4.69) is 89.1 Å². The van der Waals surface area contributed by atoms with Gasteiger partial charge in [-0.3, -0.25) is 0 Å². The Labute approximate surface area is 173 Å². The van der Waals surface area contributed by atoms with E-state index < -0.39 is 0 Å². The number of rotatable bonds is 2. The Morgan fingerprint density at radius 2 is 1.58 bits per heavy atom. The predicted octanol–water partition coefficient (Wildman–Crippen LogP) is 5.02. The fourth-order valence-corrected chi connectivity index (χ4v) is 5.08. The van der Waals surface area contributed by atoms with Crippen LogP contribution in [0, 0.1) is 13.5 Å². The van der Waals surface area contributed by atoms with E-state index in [4.69, 9.17) is 0 Å². The van der Waals surface area contributed by atoms with Crippen LogP contribution in [0.25, 0.3) is 27.5 Å². The molecule has 1 aromatic heterocycles. The molecule has 1 radical (unpaired) electrons. The predicted molar refractivity (Wildman–Crippen MR) is 114 cm³/mol. The third kappa shape index (κ3) is 3.15. The average molecular weight is 444 g/mol. The van der Waals surface area contributed by atoms with Crippen LogP contribution in [0.2, 0.25) is 6.32 Å². The Kier molecular flexibility index (Phi) is 5.95. The minimum Gasteiger partial charge on any atom is -0.358 e. The van der Waals surface area contributed by atoms with Crippen molar-refractivity contribution in [3.8, 4) is 5.69 Å². The van der Waals surface area contributed by atoms with Gasteiger partial charge in [0, 0.05) is 10.8 Å². The third-order valence-electron chi connectivity index (χ3n) is 5.02. The van der Waals surface area contributed by atoms with E-state index in [0.29, 0.717) is 6.71 Å². The zero-order valence-corrected chi connectivity index (χ0v) is 17.2. The van der Waals surface area contributed by atoms with E-state index in [-0.39, 0.29) is 26.9 Å². The first-order valence-corrected chi connectivity index (χ1v) is 9.65. The number of thioether (sulfide) groups is 1. The first kappa shape index (κ1) is 19.3. The molecule has 3 aromatic carbocycles. The SMILES string of the molecule is [CH3-].[Rh+2].[c-]1ccc(-n2c3ccccc3c3ccccc32)cc1B1CCSC1. The van der Waals surface area contributed by atoms with Crippen LogP contribution in [-0.2, 0) is 19.5 Å². The minimum atomic E-state index is 0. The molecule has 0 spiro atoms. The number of hydrogen-bond donors (Lipinski definition) is 0. The quantitative estimate of drug-likeness (QED) is 0.311. The molecule has 1 aliphatic heterocycles. The molecule has 0 atom stereocenters. The second-order valence-corrected chi connectivity index (χ2v) is 7.58. The van der Waals surface area contributed by atoms with Crippen molar-refractivity contribution in [1.82, 2.24) is 4.57 Å². The summed E-state index contributed by atoms with van der Waals surface area (Å²) < 4.78 is 2.39. The van der Waals surface area contributed by atoms with E-state index >= 15 is 0 Å². The molecule has 1 fully saturated rings. The summed E-state index contributed by atoms with van der Waals surface area (Å²) in [6.45, 7) is 0.656. The number of fused-ring (bicyclic) bond motifs is 3. The number of hydrogen-bond acceptors (Lipinski definition) is 1. The molecule has 0 bridgehead atoms. The Morgan fingerprint density at radius 1 is 0.923 bits per heavy atom. The van der Waals surface area contributed by atoms with Crippen molar-refractivity contribution in [2.75, 3.05) is 11.4 Å². The van der Waals surface area contributed by atoms with Crippen molar-refractivity contribution < 1.29 is 19.5 Å². The van der Waals surface area contributed by atoms with E-state index in [1.807, 2.05) is 0 Å². The summed E-state index contributed by atoms with van der Waals surface area (Å²) in [7, 11) is 0. The Balaban J connectivity index is 0.000000980. The zero-order chi connectivity index (χ0) is 15.9. The normalized spacial score (nSPS) is 13.6. The smallest absolute Gasteiger partial charge is 0.358 e. The molecule has 2 heterocycles. The summed E-state index contributed by atoms with van der Waals surface area (Å²) in [4.78, 5) is 0. The average Bonchev–Trinajstić information content (AvgIpc) is 3.28. The minimum absolute atomic E-state index is 0. The van der Waals surface area contributed by atoms with Crippen LogP contribution < -0.4 is 5.46 Å². The molecule has 1 saturated heterocycles. The molecule has 4 heteroatoms. The molecule has 0 amide bonds. The van der Waals surface area contributed by atoms with Crippen molar-refractivity contribution in [2.24, 2.45) is 0 Å². The van der Waals surface area contributed by atoms with Gasteiger partial charge in [0.05, 0.1) is 11.0 Å². The van der Waals surface area contributed by atoms with E-state index in [1.165, 1.54) is 50.7 Å². The van der Waals surface area contributed by atoms with E-state index in [0.717, 1.165) is 0 Å². The van der Waals surface area contributed by atoms with Gasteiger partial charge in [0.2, 0.25) is 0 Å². The molecule has 26 heavy (non-hydrogen) atoms. The molecular weight excluding hydrogens is 424 g/mol. The molecule has 5 rings (SSSR count). The standard InChI is InChI=1S/C21H17BNS.CH3.Rh/c1-3-10-20-18(8-1)19-9-2-4-11-21(19)23(20)17-7-5-6-16(14-17)22-12-13-24-15-22;;/h1-5,7-11,14H,12-13,15H2;1H3;/q2*-1;+2. The summed E-state index contributed by atoms with van der Waals surface area (Å²) in [5, 5.41) is 2.64. The zero-order valence-electron chi connectivity index (χ0n) is 14.7. The van der Waals surface area contributed by atoms with Crippen molar-refractivity contribution in [2.45, 2.75) is 6.32 Å². The van der Waals surface area contributed by atoms with E-state index in [9.17, 15) is 0 Å². The van der Waals surface area contributed by atoms with E-state index in [1.54, 1.807) is 0 Å². The van der Waals surface area contributed by atoms with Crippen molar-refractivity contribution in [3.63, 3.8) is 0 Å².